The van der Waals surface area contributed by atoms with Gasteiger partial charge >= 0.3 is 6.68 Å². The van der Waals surface area contributed by atoms with E-state index in [2.05, 4.69) is 16.5 Å². The van der Waals surface area contributed by atoms with E-state index in [0.717, 1.165) is 6.54 Å². The Morgan fingerprint density at radius 2 is 2.00 bits per heavy atom. The number of unbranched alkanes of at least 4 members (excludes halogenated alkanes) is 1. The van der Waals surface area contributed by atoms with Crippen LogP contribution in [0.15, 0.2) is 18.7 Å². The molecule has 1 rings (SSSR count). The summed E-state index contributed by atoms with van der Waals surface area (Å²) in [4.78, 5) is 3.94. The minimum atomic E-state index is -3.67. The number of hydrogen-bond donors (Lipinski definition) is 0. The number of alkyl halides is 3. The summed E-state index contributed by atoms with van der Waals surface area (Å²) in [6.07, 6.45) is 8.16. The van der Waals surface area contributed by atoms with Crippen LogP contribution in [-0.4, -0.2) is 16.2 Å². The highest BCUT2D eigenvalue weighted by Gasteiger charge is 1.86. The van der Waals surface area contributed by atoms with Crippen molar-refractivity contribution >= 4 is 0 Å². The van der Waals surface area contributed by atoms with Gasteiger partial charge in [-0.2, -0.15) is 13.2 Å². The van der Waals surface area contributed by atoms with Crippen LogP contribution in [0, 0.1) is 0 Å². The molecule has 13 heavy (non-hydrogen) atoms. The van der Waals surface area contributed by atoms with Crippen molar-refractivity contribution in [1.82, 2.24) is 9.55 Å². The normalized spacial score (nSPS) is 9.62. The fourth-order valence-electron chi connectivity index (χ4n) is 0.760. The first kappa shape index (κ1) is 12.0. The third-order valence-corrected chi connectivity index (χ3v) is 1.33. The second-order valence-electron chi connectivity index (χ2n) is 2.40. The first-order valence-electron chi connectivity index (χ1n) is 4.04. The van der Waals surface area contributed by atoms with E-state index in [-0.39, 0.29) is 0 Å². The van der Waals surface area contributed by atoms with E-state index in [0.29, 0.717) is 0 Å². The Morgan fingerprint density at radius 1 is 1.38 bits per heavy atom. The van der Waals surface area contributed by atoms with Crippen LogP contribution in [0.3, 0.4) is 0 Å². The van der Waals surface area contributed by atoms with Crippen LogP contribution >= 0.6 is 0 Å². The molecular weight excluding hydrogens is 181 g/mol. The van der Waals surface area contributed by atoms with Crippen LogP contribution in [0.5, 0.6) is 0 Å². The third-order valence-electron chi connectivity index (χ3n) is 1.33. The molecule has 0 amide bonds. The molecule has 0 bridgehead atoms. The molecule has 0 N–H and O–H groups in total. The van der Waals surface area contributed by atoms with Gasteiger partial charge < -0.3 is 4.57 Å². The van der Waals surface area contributed by atoms with Crippen molar-refractivity contribution < 1.29 is 13.2 Å². The molecule has 0 aliphatic heterocycles. The lowest BCUT2D eigenvalue weighted by atomic mass is 10.3. The number of halogens is 3. The molecule has 0 unspecified atom stereocenters. The highest BCUT2D eigenvalue weighted by molar-refractivity contribution is 4.73. The molecule has 0 aromatic carbocycles. The molecule has 0 saturated carbocycles. The second kappa shape index (κ2) is 7.64. The van der Waals surface area contributed by atoms with Gasteiger partial charge in [0.25, 0.3) is 0 Å². The average molecular weight is 194 g/mol. The maximum Gasteiger partial charge on any atom is 0.379 e. The Labute approximate surface area is 75.4 Å². The summed E-state index contributed by atoms with van der Waals surface area (Å²) in [6.45, 7) is -0.368. The van der Waals surface area contributed by atoms with Gasteiger partial charge in [-0.1, -0.05) is 13.3 Å². The van der Waals surface area contributed by atoms with Crippen molar-refractivity contribution in [3.8, 4) is 0 Å². The SMILES string of the molecule is CCCCn1ccnc1.FC(F)F. The van der Waals surface area contributed by atoms with E-state index in [4.69, 9.17) is 0 Å². The fraction of sp³-hybridized carbons (Fsp3) is 0.625. The number of hydrogen-bond acceptors (Lipinski definition) is 1. The van der Waals surface area contributed by atoms with E-state index >= 15 is 0 Å². The molecule has 0 aliphatic rings. The quantitative estimate of drug-likeness (QED) is 0.723. The molecule has 0 atom stereocenters. The summed E-state index contributed by atoms with van der Waals surface area (Å²) in [6, 6.07) is 0. The number of aryl methyl sites for hydroxylation is 1. The van der Waals surface area contributed by atoms with E-state index < -0.39 is 6.68 Å². The number of imidazole rings is 1. The zero-order chi connectivity index (χ0) is 10.1. The summed E-state index contributed by atoms with van der Waals surface area (Å²) in [7, 11) is 0. The van der Waals surface area contributed by atoms with Gasteiger partial charge in [0.15, 0.2) is 0 Å². The van der Waals surface area contributed by atoms with Gasteiger partial charge in [0.1, 0.15) is 0 Å². The van der Waals surface area contributed by atoms with Crippen molar-refractivity contribution in [1.29, 1.82) is 0 Å². The number of nitrogens with zero attached hydrogens (tertiary/aromatic N) is 2. The highest BCUT2D eigenvalue weighted by atomic mass is 19.4. The topological polar surface area (TPSA) is 17.8 Å². The van der Waals surface area contributed by atoms with Crippen LogP contribution in [0.25, 0.3) is 0 Å². The maximum atomic E-state index is 9.67. The van der Waals surface area contributed by atoms with Gasteiger partial charge in [-0.25, -0.2) is 4.98 Å². The summed E-state index contributed by atoms with van der Waals surface area (Å²) >= 11 is 0. The van der Waals surface area contributed by atoms with Crippen LogP contribution < -0.4 is 0 Å². The van der Waals surface area contributed by atoms with Crippen LogP contribution in [0.1, 0.15) is 19.8 Å². The molecular formula is C8H13F3N2. The zero-order valence-electron chi connectivity index (χ0n) is 7.46. The Balaban J connectivity index is 0.000000310. The lowest BCUT2D eigenvalue weighted by molar-refractivity contribution is 0.00819. The molecule has 0 aliphatic carbocycles. The Kier molecular flexibility index (Phi) is 7.05. The third kappa shape index (κ3) is 8.91. The Hall–Kier alpha value is -1.00. The van der Waals surface area contributed by atoms with E-state index in [1.165, 1.54) is 12.8 Å². The first-order valence-corrected chi connectivity index (χ1v) is 4.04. The minimum absolute atomic E-state index is 1.11. The van der Waals surface area contributed by atoms with E-state index in [9.17, 15) is 13.2 Å². The van der Waals surface area contributed by atoms with Crippen molar-refractivity contribution in [3.05, 3.63) is 18.7 Å². The van der Waals surface area contributed by atoms with Crippen LogP contribution in [0.4, 0.5) is 13.2 Å². The van der Waals surface area contributed by atoms with Gasteiger partial charge in [-0.05, 0) is 6.42 Å². The Bertz CT molecular complexity index is 185. The molecule has 1 aromatic rings. The molecule has 0 saturated heterocycles. The molecule has 1 heterocycles. The van der Waals surface area contributed by atoms with Crippen molar-refractivity contribution in [2.24, 2.45) is 0 Å². The molecule has 0 radical (unpaired) electrons. The average Bonchev–Trinajstić information content (AvgIpc) is 2.51. The largest absolute Gasteiger partial charge is 0.379 e. The zero-order valence-corrected chi connectivity index (χ0v) is 7.46. The number of aromatic nitrogens is 2. The fourth-order valence-corrected chi connectivity index (χ4v) is 0.760. The van der Waals surface area contributed by atoms with Gasteiger partial charge in [0, 0.05) is 18.9 Å². The summed E-state index contributed by atoms with van der Waals surface area (Å²) in [5, 5.41) is 0. The smallest absolute Gasteiger partial charge is 0.337 e. The van der Waals surface area contributed by atoms with Crippen molar-refractivity contribution in [3.63, 3.8) is 0 Å². The lowest BCUT2D eigenvalue weighted by Crippen LogP contribution is -1.92. The predicted molar refractivity (Wildman–Crippen MR) is 44.2 cm³/mol. The second-order valence-corrected chi connectivity index (χ2v) is 2.40. The van der Waals surface area contributed by atoms with E-state index in [1.54, 1.807) is 0 Å². The minimum Gasteiger partial charge on any atom is -0.337 e. The summed E-state index contributed by atoms with van der Waals surface area (Å²) in [5.74, 6) is 0. The van der Waals surface area contributed by atoms with Gasteiger partial charge in [0.2, 0.25) is 0 Å². The Morgan fingerprint density at radius 3 is 2.38 bits per heavy atom. The van der Waals surface area contributed by atoms with Crippen molar-refractivity contribution in [2.75, 3.05) is 0 Å². The first-order chi connectivity index (χ1) is 6.16. The van der Waals surface area contributed by atoms with E-state index in [1.807, 2.05) is 18.7 Å². The summed E-state index contributed by atoms with van der Waals surface area (Å²) < 4.78 is 31.1. The van der Waals surface area contributed by atoms with Gasteiger partial charge in [-0.15, -0.1) is 0 Å². The molecule has 5 heteroatoms. The highest BCUT2D eigenvalue weighted by Crippen LogP contribution is 1.92. The molecule has 2 nitrogen and oxygen atoms in total. The predicted octanol–water partition coefficient (Wildman–Crippen LogP) is 2.86. The summed E-state index contributed by atoms with van der Waals surface area (Å²) in [5.41, 5.74) is 0. The maximum absolute atomic E-state index is 9.67. The molecule has 0 spiro atoms. The van der Waals surface area contributed by atoms with Gasteiger partial charge in [-0.3, -0.25) is 0 Å². The lowest BCUT2D eigenvalue weighted by Gasteiger charge is -1.96. The van der Waals surface area contributed by atoms with Crippen molar-refractivity contribution in [2.45, 2.75) is 33.0 Å². The number of rotatable bonds is 3. The standard InChI is InChI=1S/C7H12N2.CHF3/c1-2-3-5-9-6-4-8-7-9;2-1(3)4/h4,6-7H,2-3,5H2,1H3;1H. The monoisotopic (exact) mass is 194 g/mol. The van der Waals surface area contributed by atoms with Crippen LogP contribution in [-0.2, 0) is 6.54 Å². The molecule has 76 valence electrons. The molecule has 1 aromatic heterocycles. The van der Waals surface area contributed by atoms with Gasteiger partial charge in [0.05, 0.1) is 6.33 Å². The van der Waals surface area contributed by atoms with Crippen LogP contribution in [0.2, 0.25) is 0 Å². The molecule has 0 fully saturated rings.